The lowest BCUT2D eigenvalue weighted by Crippen LogP contribution is -2.13. The first kappa shape index (κ1) is 16.2. The molecule has 8 heteroatoms. The van der Waals surface area contributed by atoms with E-state index in [-0.39, 0.29) is 11.3 Å². The molecule has 0 unspecified atom stereocenters. The summed E-state index contributed by atoms with van der Waals surface area (Å²) in [7, 11) is 1.73. The van der Waals surface area contributed by atoms with E-state index in [0.717, 1.165) is 5.69 Å². The first-order valence-electron chi connectivity index (χ1n) is 7.44. The Morgan fingerprint density at radius 1 is 1.16 bits per heavy atom. The van der Waals surface area contributed by atoms with Crippen LogP contribution in [0.4, 0.5) is 22.9 Å². The number of nitrogens with one attached hydrogen (secondary N) is 2. The van der Waals surface area contributed by atoms with Crippen molar-refractivity contribution in [3.8, 4) is 0 Å². The topological polar surface area (TPSA) is 102 Å². The van der Waals surface area contributed by atoms with Gasteiger partial charge < -0.3 is 10.6 Å². The molecule has 1 heterocycles. The molecule has 1 amide bonds. The minimum absolute atomic E-state index is 0.177. The van der Waals surface area contributed by atoms with E-state index in [4.69, 9.17) is 0 Å². The number of carbonyl (C=O) groups is 1. The standard InChI is InChI=1S/C17H15N5O3/c1-21-10-9-16(20-21)19-17(23)12-7-8-14(15(11-12)22(24)25)18-13-5-3-2-4-6-13/h2-11,18H,1H3,(H,19,20,23). The Labute approximate surface area is 143 Å². The van der Waals surface area contributed by atoms with Crippen molar-refractivity contribution >= 4 is 28.8 Å². The molecule has 0 aliphatic carbocycles. The fourth-order valence-corrected chi connectivity index (χ4v) is 2.28. The molecule has 1 aromatic heterocycles. The molecule has 0 aliphatic heterocycles. The van der Waals surface area contributed by atoms with Gasteiger partial charge in [0, 0.05) is 36.6 Å². The molecule has 0 bridgehead atoms. The molecule has 0 aliphatic rings. The Kier molecular flexibility index (Phi) is 4.42. The number of carbonyl (C=O) groups excluding carboxylic acids is 1. The monoisotopic (exact) mass is 337 g/mol. The fourth-order valence-electron chi connectivity index (χ4n) is 2.28. The normalized spacial score (nSPS) is 10.3. The van der Waals surface area contributed by atoms with Crippen molar-refractivity contribution in [1.82, 2.24) is 9.78 Å². The Bertz CT molecular complexity index is 921. The number of aromatic nitrogens is 2. The van der Waals surface area contributed by atoms with Crippen molar-refractivity contribution in [3.63, 3.8) is 0 Å². The number of benzene rings is 2. The van der Waals surface area contributed by atoms with Crippen LogP contribution in [-0.4, -0.2) is 20.6 Å². The molecule has 2 aromatic carbocycles. The van der Waals surface area contributed by atoms with Crippen molar-refractivity contribution in [2.45, 2.75) is 0 Å². The quantitative estimate of drug-likeness (QED) is 0.549. The first-order valence-corrected chi connectivity index (χ1v) is 7.44. The molecule has 25 heavy (non-hydrogen) atoms. The van der Waals surface area contributed by atoms with Crippen molar-refractivity contribution in [3.05, 3.63) is 76.5 Å². The number of nitro groups is 1. The maximum atomic E-state index is 12.3. The summed E-state index contributed by atoms with van der Waals surface area (Å²) in [5.41, 5.74) is 1.02. The Hall–Kier alpha value is -3.68. The molecule has 3 aromatic rings. The summed E-state index contributed by atoms with van der Waals surface area (Å²) in [5.74, 6) is -0.0882. The van der Waals surface area contributed by atoms with E-state index < -0.39 is 10.8 Å². The van der Waals surface area contributed by atoms with Gasteiger partial charge in [0.25, 0.3) is 11.6 Å². The second-order valence-electron chi connectivity index (χ2n) is 5.31. The summed E-state index contributed by atoms with van der Waals surface area (Å²) >= 11 is 0. The van der Waals surface area contributed by atoms with E-state index in [1.807, 2.05) is 18.2 Å². The lowest BCUT2D eigenvalue weighted by molar-refractivity contribution is -0.383. The molecule has 0 saturated heterocycles. The number of hydrogen-bond acceptors (Lipinski definition) is 5. The van der Waals surface area contributed by atoms with Gasteiger partial charge in [-0.2, -0.15) is 5.10 Å². The summed E-state index contributed by atoms with van der Waals surface area (Å²) in [4.78, 5) is 23.1. The predicted octanol–water partition coefficient (Wildman–Crippen LogP) is 3.32. The van der Waals surface area contributed by atoms with Crippen LogP contribution in [0.25, 0.3) is 0 Å². The number of aryl methyl sites for hydroxylation is 1. The summed E-state index contributed by atoms with van der Waals surface area (Å²) in [6.07, 6.45) is 1.69. The van der Waals surface area contributed by atoms with Crippen molar-refractivity contribution in [1.29, 1.82) is 0 Å². The number of amides is 1. The van der Waals surface area contributed by atoms with Crippen molar-refractivity contribution in [2.75, 3.05) is 10.6 Å². The van der Waals surface area contributed by atoms with Crippen LogP contribution in [0.15, 0.2) is 60.8 Å². The van der Waals surface area contributed by atoms with Crippen LogP contribution >= 0.6 is 0 Å². The highest BCUT2D eigenvalue weighted by Crippen LogP contribution is 2.28. The third-order valence-electron chi connectivity index (χ3n) is 3.46. The smallest absolute Gasteiger partial charge is 0.293 e. The summed E-state index contributed by atoms with van der Waals surface area (Å²) in [6, 6.07) is 15.0. The molecular formula is C17H15N5O3. The lowest BCUT2D eigenvalue weighted by Gasteiger charge is -2.08. The van der Waals surface area contributed by atoms with E-state index in [1.54, 1.807) is 36.1 Å². The molecule has 8 nitrogen and oxygen atoms in total. The third kappa shape index (κ3) is 3.81. The number of rotatable bonds is 5. The molecule has 126 valence electrons. The molecule has 2 N–H and O–H groups in total. The molecule has 3 rings (SSSR count). The molecule has 0 spiro atoms. The van der Waals surface area contributed by atoms with Crippen LogP contribution in [0.5, 0.6) is 0 Å². The van der Waals surface area contributed by atoms with Gasteiger partial charge in [0.05, 0.1) is 4.92 Å². The molecular weight excluding hydrogens is 322 g/mol. The number of nitrogens with zero attached hydrogens (tertiary/aromatic N) is 3. The van der Waals surface area contributed by atoms with E-state index >= 15 is 0 Å². The van der Waals surface area contributed by atoms with Gasteiger partial charge in [-0.3, -0.25) is 19.6 Å². The fraction of sp³-hybridized carbons (Fsp3) is 0.0588. The zero-order valence-electron chi connectivity index (χ0n) is 13.3. The van der Waals surface area contributed by atoms with Gasteiger partial charge in [0.2, 0.25) is 0 Å². The van der Waals surface area contributed by atoms with E-state index in [2.05, 4.69) is 15.7 Å². The van der Waals surface area contributed by atoms with Gasteiger partial charge in [-0.05, 0) is 24.3 Å². The molecule has 0 radical (unpaired) electrons. The van der Waals surface area contributed by atoms with Gasteiger partial charge in [0.15, 0.2) is 5.82 Å². The maximum Gasteiger partial charge on any atom is 0.293 e. The van der Waals surface area contributed by atoms with Crippen molar-refractivity contribution in [2.24, 2.45) is 7.05 Å². The van der Waals surface area contributed by atoms with Gasteiger partial charge in [0.1, 0.15) is 5.69 Å². The van der Waals surface area contributed by atoms with Gasteiger partial charge in [-0.25, -0.2) is 0 Å². The number of anilines is 3. The minimum Gasteiger partial charge on any atom is -0.350 e. The van der Waals surface area contributed by atoms with Gasteiger partial charge in [-0.15, -0.1) is 0 Å². The zero-order chi connectivity index (χ0) is 17.8. The van der Waals surface area contributed by atoms with E-state index in [1.165, 1.54) is 18.2 Å². The highest BCUT2D eigenvalue weighted by Gasteiger charge is 2.18. The summed E-state index contributed by atoms with van der Waals surface area (Å²) < 4.78 is 1.55. The lowest BCUT2D eigenvalue weighted by atomic mass is 10.1. The SMILES string of the molecule is Cn1ccc(NC(=O)c2ccc(Nc3ccccc3)c([N+](=O)[O-])c2)n1. The second-order valence-corrected chi connectivity index (χ2v) is 5.31. The van der Waals surface area contributed by atoms with Gasteiger partial charge in [-0.1, -0.05) is 18.2 Å². The molecule has 0 atom stereocenters. The van der Waals surface area contributed by atoms with Crippen LogP contribution in [0.2, 0.25) is 0 Å². The van der Waals surface area contributed by atoms with E-state index in [0.29, 0.717) is 11.5 Å². The highest BCUT2D eigenvalue weighted by molar-refractivity contribution is 6.04. The number of para-hydroxylation sites is 1. The second kappa shape index (κ2) is 6.83. The summed E-state index contributed by atoms with van der Waals surface area (Å²) in [5, 5.41) is 21.0. The average molecular weight is 337 g/mol. The van der Waals surface area contributed by atoms with Crippen molar-refractivity contribution < 1.29 is 9.72 Å². The average Bonchev–Trinajstić information content (AvgIpc) is 3.00. The minimum atomic E-state index is -0.525. The van der Waals surface area contributed by atoms with Crippen LogP contribution in [0.3, 0.4) is 0 Å². The van der Waals surface area contributed by atoms with Crippen LogP contribution in [0.1, 0.15) is 10.4 Å². The first-order chi connectivity index (χ1) is 12.0. The Morgan fingerprint density at radius 2 is 1.92 bits per heavy atom. The summed E-state index contributed by atoms with van der Waals surface area (Å²) in [6.45, 7) is 0. The van der Waals surface area contributed by atoms with E-state index in [9.17, 15) is 14.9 Å². The van der Waals surface area contributed by atoms with Crippen LogP contribution in [-0.2, 0) is 7.05 Å². The van der Waals surface area contributed by atoms with Gasteiger partial charge >= 0.3 is 0 Å². The van der Waals surface area contributed by atoms with Crippen LogP contribution < -0.4 is 10.6 Å². The Balaban J connectivity index is 1.85. The highest BCUT2D eigenvalue weighted by atomic mass is 16.6. The molecule has 0 saturated carbocycles. The predicted molar refractivity (Wildman–Crippen MR) is 94.0 cm³/mol. The third-order valence-corrected chi connectivity index (χ3v) is 3.46. The largest absolute Gasteiger partial charge is 0.350 e. The maximum absolute atomic E-state index is 12.3. The number of nitro benzene ring substituents is 1. The van der Waals surface area contributed by atoms with Crippen LogP contribution in [0, 0.1) is 10.1 Å². The molecule has 0 fully saturated rings. The number of hydrogen-bond donors (Lipinski definition) is 2. The zero-order valence-corrected chi connectivity index (χ0v) is 13.3. The Morgan fingerprint density at radius 3 is 2.56 bits per heavy atom.